The Kier molecular flexibility index (Phi) is 4.96. The molecule has 3 aliphatic rings. The highest BCUT2D eigenvalue weighted by atomic mass is 35.5. The minimum absolute atomic E-state index is 0.0772. The van der Waals surface area contributed by atoms with E-state index in [-0.39, 0.29) is 48.5 Å². The Morgan fingerprint density at radius 1 is 1.19 bits per heavy atom. The van der Waals surface area contributed by atoms with E-state index in [0.29, 0.717) is 18.4 Å². The van der Waals surface area contributed by atoms with Gasteiger partial charge in [-0.05, 0) is 36.5 Å². The van der Waals surface area contributed by atoms with E-state index in [0.717, 1.165) is 23.4 Å². The van der Waals surface area contributed by atoms with Gasteiger partial charge in [0.25, 0.3) is 5.91 Å². The highest BCUT2D eigenvalue weighted by molar-refractivity contribution is 6.36. The molecule has 0 unspecified atom stereocenters. The van der Waals surface area contributed by atoms with Crippen LogP contribution in [0.1, 0.15) is 53.3 Å². The lowest BCUT2D eigenvalue weighted by Crippen LogP contribution is -2.54. The molecule has 3 fully saturated rings. The van der Waals surface area contributed by atoms with Crippen LogP contribution in [-0.4, -0.2) is 63.7 Å². The summed E-state index contributed by atoms with van der Waals surface area (Å²) in [5, 5.41) is 13.4. The van der Waals surface area contributed by atoms with Crippen molar-refractivity contribution in [3.8, 4) is 0 Å². The number of likely N-dealkylation sites (tertiary alicyclic amines) is 1. The van der Waals surface area contributed by atoms with Crippen molar-refractivity contribution in [3.05, 3.63) is 34.1 Å². The number of nitrogens with zero attached hydrogens (tertiary/aromatic N) is 3. The first-order valence-electron chi connectivity index (χ1n) is 10.2. The zero-order valence-corrected chi connectivity index (χ0v) is 17.2. The number of amides is 1. The van der Waals surface area contributed by atoms with Gasteiger partial charge in [0.1, 0.15) is 11.8 Å². The lowest BCUT2D eigenvalue weighted by atomic mass is 10.0. The second-order valence-corrected chi connectivity index (χ2v) is 8.76. The van der Waals surface area contributed by atoms with Crippen molar-refractivity contribution in [3.63, 3.8) is 0 Å². The predicted molar refractivity (Wildman–Crippen MR) is 103 cm³/mol. The molecule has 0 radical (unpaired) electrons. The van der Waals surface area contributed by atoms with Crippen molar-refractivity contribution in [2.75, 3.05) is 26.3 Å². The molecule has 2 aromatic heterocycles. The third-order valence-electron chi connectivity index (χ3n) is 6.13. The molecule has 0 aromatic carbocycles. The number of piperidine rings is 1. The van der Waals surface area contributed by atoms with Crippen LogP contribution >= 0.6 is 11.6 Å². The molecule has 4 heterocycles. The van der Waals surface area contributed by atoms with Gasteiger partial charge in [0.15, 0.2) is 11.5 Å². The van der Waals surface area contributed by atoms with E-state index in [1.807, 2.05) is 0 Å². The van der Waals surface area contributed by atoms with Crippen molar-refractivity contribution in [1.29, 1.82) is 0 Å². The number of aliphatic hydroxyl groups is 1. The molecule has 168 valence electrons. The van der Waals surface area contributed by atoms with Gasteiger partial charge in [-0.1, -0.05) is 11.6 Å². The SMILES string of the molecule is O=C(c1nn2c(C(F)(F)F)cc(C3CC3)cc2c1Cl)N1CCC2(CC1)OCC(O)CO2. The van der Waals surface area contributed by atoms with Crippen LogP contribution in [-0.2, 0) is 15.7 Å². The number of aromatic nitrogens is 2. The quantitative estimate of drug-likeness (QED) is 0.746. The first-order chi connectivity index (χ1) is 14.7. The van der Waals surface area contributed by atoms with Crippen molar-refractivity contribution < 1.29 is 32.5 Å². The van der Waals surface area contributed by atoms with Crippen LogP contribution in [0.15, 0.2) is 12.1 Å². The number of carbonyl (C=O) groups excluding carboxylic acids is 1. The summed E-state index contributed by atoms with van der Waals surface area (Å²) >= 11 is 6.37. The largest absolute Gasteiger partial charge is 0.433 e. The third-order valence-corrected chi connectivity index (χ3v) is 6.50. The molecule has 5 rings (SSSR count). The zero-order chi connectivity index (χ0) is 22.0. The number of alkyl halides is 3. The maximum absolute atomic E-state index is 13.7. The Balaban J connectivity index is 1.43. The van der Waals surface area contributed by atoms with Crippen LogP contribution in [0, 0.1) is 0 Å². The van der Waals surface area contributed by atoms with Gasteiger partial charge in [0, 0.05) is 25.9 Å². The Bertz CT molecular complexity index is 1020. The highest BCUT2D eigenvalue weighted by Crippen LogP contribution is 2.43. The number of rotatable bonds is 2. The number of aliphatic hydroxyl groups excluding tert-OH is 1. The van der Waals surface area contributed by atoms with Gasteiger partial charge in [-0.3, -0.25) is 4.79 Å². The molecule has 31 heavy (non-hydrogen) atoms. The van der Waals surface area contributed by atoms with Crippen molar-refractivity contribution >= 4 is 23.0 Å². The lowest BCUT2D eigenvalue weighted by Gasteiger charge is -2.44. The first kappa shape index (κ1) is 21.0. The van der Waals surface area contributed by atoms with Gasteiger partial charge >= 0.3 is 6.18 Å². The predicted octanol–water partition coefficient (Wildman–Crippen LogP) is 3.22. The summed E-state index contributed by atoms with van der Waals surface area (Å²) in [7, 11) is 0. The summed E-state index contributed by atoms with van der Waals surface area (Å²) in [5.74, 6) is -1.29. The molecule has 2 aromatic rings. The average molecular weight is 460 g/mol. The van der Waals surface area contributed by atoms with E-state index in [1.165, 1.54) is 4.90 Å². The van der Waals surface area contributed by atoms with Crippen LogP contribution in [0.25, 0.3) is 5.52 Å². The van der Waals surface area contributed by atoms with Crippen LogP contribution < -0.4 is 0 Å². The summed E-state index contributed by atoms with van der Waals surface area (Å²) in [4.78, 5) is 14.6. The molecular weight excluding hydrogens is 439 g/mol. The summed E-state index contributed by atoms with van der Waals surface area (Å²) < 4.78 is 53.0. The number of halogens is 4. The molecule has 7 nitrogen and oxygen atoms in total. The first-order valence-corrected chi connectivity index (χ1v) is 10.6. The fraction of sp³-hybridized carbons (Fsp3) is 0.600. The molecule has 2 aliphatic heterocycles. The minimum Gasteiger partial charge on any atom is -0.388 e. The second-order valence-electron chi connectivity index (χ2n) is 8.38. The van der Waals surface area contributed by atoms with E-state index < -0.39 is 29.7 Å². The Morgan fingerprint density at radius 2 is 1.84 bits per heavy atom. The number of ether oxygens (including phenoxy) is 2. The van der Waals surface area contributed by atoms with Gasteiger partial charge in [0.2, 0.25) is 0 Å². The number of hydrogen-bond donors (Lipinski definition) is 1. The summed E-state index contributed by atoms with van der Waals surface area (Å²) in [5.41, 5.74) is -0.484. The molecule has 1 aliphatic carbocycles. The highest BCUT2D eigenvalue weighted by Gasteiger charge is 2.42. The van der Waals surface area contributed by atoms with Crippen molar-refractivity contribution in [2.45, 2.75) is 49.7 Å². The maximum Gasteiger partial charge on any atom is 0.433 e. The molecule has 1 amide bonds. The van der Waals surface area contributed by atoms with E-state index in [1.54, 1.807) is 6.07 Å². The second kappa shape index (κ2) is 7.33. The summed E-state index contributed by atoms with van der Waals surface area (Å²) in [6, 6.07) is 2.69. The number of hydrogen-bond acceptors (Lipinski definition) is 5. The Morgan fingerprint density at radius 3 is 2.42 bits per heavy atom. The van der Waals surface area contributed by atoms with E-state index in [9.17, 15) is 23.1 Å². The summed E-state index contributed by atoms with van der Waals surface area (Å²) in [6.45, 7) is 0.878. The lowest BCUT2D eigenvalue weighted by molar-refractivity contribution is -0.305. The monoisotopic (exact) mass is 459 g/mol. The van der Waals surface area contributed by atoms with Crippen molar-refractivity contribution in [2.24, 2.45) is 0 Å². The van der Waals surface area contributed by atoms with Gasteiger partial charge in [-0.2, -0.15) is 18.3 Å². The third kappa shape index (κ3) is 3.79. The number of carbonyl (C=O) groups is 1. The Hall–Kier alpha value is -1.88. The van der Waals surface area contributed by atoms with Crippen LogP contribution in [0.4, 0.5) is 13.2 Å². The molecule has 1 saturated carbocycles. The molecule has 0 atom stereocenters. The fourth-order valence-electron chi connectivity index (χ4n) is 4.20. The maximum atomic E-state index is 13.7. The zero-order valence-electron chi connectivity index (χ0n) is 16.5. The molecular formula is C20H21ClF3N3O4. The standard InChI is InChI=1S/C20H21ClF3N3O4/c21-16-14-7-12(11-1-2-11)8-15(20(22,23)24)27(14)25-17(16)18(29)26-5-3-19(4-6-26)30-9-13(28)10-31-19/h7-8,11,13,28H,1-6,9-10H2. The fourth-order valence-corrected chi connectivity index (χ4v) is 4.46. The summed E-state index contributed by atoms with van der Waals surface area (Å²) in [6.07, 6.45) is -2.86. The number of fused-ring (bicyclic) bond motifs is 1. The van der Waals surface area contributed by atoms with Crippen LogP contribution in [0.5, 0.6) is 0 Å². The van der Waals surface area contributed by atoms with Gasteiger partial charge in [-0.25, -0.2) is 4.52 Å². The van der Waals surface area contributed by atoms with Crippen LogP contribution in [0.3, 0.4) is 0 Å². The molecule has 11 heteroatoms. The van der Waals surface area contributed by atoms with Gasteiger partial charge in [-0.15, -0.1) is 0 Å². The van der Waals surface area contributed by atoms with E-state index >= 15 is 0 Å². The number of pyridine rings is 1. The minimum atomic E-state index is -4.63. The molecule has 0 bridgehead atoms. The molecule has 2 saturated heterocycles. The van der Waals surface area contributed by atoms with E-state index in [4.69, 9.17) is 21.1 Å². The van der Waals surface area contributed by atoms with Gasteiger partial charge < -0.3 is 19.5 Å². The van der Waals surface area contributed by atoms with Crippen LogP contribution in [0.2, 0.25) is 5.02 Å². The topological polar surface area (TPSA) is 76.3 Å². The molecule has 1 N–H and O–H groups in total. The van der Waals surface area contributed by atoms with Crippen molar-refractivity contribution in [1.82, 2.24) is 14.5 Å². The normalized spacial score (nSPS) is 22.4. The average Bonchev–Trinajstić information content (AvgIpc) is 3.53. The Labute approximate surface area is 180 Å². The van der Waals surface area contributed by atoms with E-state index in [2.05, 4.69) is 5.10 Å². The smallest absolute Gasteiger partial charge is 0.388 e. The molecule has 1 spiro atoms. The van der Waals surface area contributed by atoms with Gasteiger partial charge in [0.05, 0.1) is 23.8 Å².